The molecular formula is C19H25N3O. The molecule has 23 heavy (non-hydrogen) atoms. The van der Waals surface area contributed by atoms with Crippen LogP contribution in [0.25, 0.3) is 0 Å². The number of benzene rings is 1. The fourth-order valence-corrected chi connectivity index (χ4v) is 3.39. The Morgan fingerprint density at radius 3 is 2.70 bits per heavy atom. The van der Waals surface area contributed by atoms with E-state index in [1.54, 1.807) is 0 Å². The highest BCUT2D eigenvalue weighted by Crippen LogP contribution is 2.20. The standard InChI is InChI=1S/C19H25N3O/c1-14-11-18(19(23)21-10-6-9-17(20)13-21)15(2)22(14)12-16-7-4-3-5-8-16/h3-5,7-8,11,17H,6,9-10,12-13,20H2,1-2H3. The highest BCUT2D eigenvalue weighted by Gasteiger charge is 2.25. The summed E-state index contributed by atoms with van der Waals surface area (Å²) < 4.78 is 2.21. The number of hydrogen-bond donors (Lipinski definition) is 1. The number of nitrogens with zero attached hydrogens (tertiary/aromatic N) is 2. The highest BCUT2D eigenvalue weighted by molar-refractivity contribution is 5.95. The molecule has 1 unspecified atom stereocenters. The topological polar surface area (TPSA) is 51.3 Å². The van der Waals surface area contributed by atoms with Gasteiger partial charge in [-0.3, -0.25) is 4.79 Å². The zero-order valence-corrected chi connectivity index (χ0v) is 14.0. The number of nitrogens with two attached hydrogens (primary N) is 1. The van der Waals surface area contributed by atoms with Crippen molar-refractivity contribution in [1.29, 1.82) is 0 Å². The number of piperidine rings is 1. The van der Waals surface area contributed by atoms with Gasteiger partial charge >= 0.3 is 0 Å². The third-order valence-electron chi connectivity index (χ3n) is 4.73. The Kier molecular flexibility index (Phi) is 4.53. The Morgan fingerprint density at radius 1 is 1.26 bits per heavy atom. The lowest BCUT2D eigenvalue weighted by molar-refractivity contribution is 0.0708. The molecule has 0 saturated carbocycles. The molecule has 1 amide bonds. The lowest BCUT2D eigenvalue weighted by Gasteiger charge is -2.30. The number of carbonyl (C=O) groups excluding carboxylic acids is 1. The average molecular weight is 311 g/mol. The fraction of sp³-hybridized carbons (Fsp3) is 0.421. The predicted octanol–water partition coefficient (Wildman–Crippen LogP) is 2.72. The van der Waals surface area contributed by atoms with Gasteiger partial charge in [0.2, 0.25) is 0 Å². The number of carbonyl (C=O) groups is 1. The molecule has 1 aromatic carbocycles. The van der Waals surface area contributed by atoms with Crippen molar-refractivity contribution >= 4 is 5.91 Å². The van der Waals surface area contributed by atoms with E-state index >= 15 is 0 Å². The first-order valence-corrected chi connectivity index (χ1v) is 8.32. The van der Waals surface area contributed by atoms with E-state index in [4.69, 9.17) is 5.73 Å². The first-order chi connectivity index (χ1) is 11.1. The van der Waals surface area contributed by atoms with Gasteiger partial charge in [-0.1, -0.05) is 30.3 Å². The van der Waals surface area contributed by atoms with Crippen LogP contribution in [0.4, 0.5) is 0 Å². The lowest BCUT2D eigenvalue weighted by atomic mass is 10.1. The zero-order chi connectivity index (χ0) is 16.4. The predicted molar refractivity (Wildman–Crippen MR) is 92.6 cm³/mol. The third-order valence-corrected chi connectivity index (χ3v) is 4.73. The van der Waals surface area contributed by atoms with Crippen LogP contribution in [0.2, 0.25) is 0 Å². The molecule has 1 atom stereocenters. The van der Waals surface area contributed by atoms with Crippen LogP contribution in [0.5, 0.6) is 0 Å². The Hall–Kier alpha value is -2.07. The van der Waals surface area contributed by atoms with Gasteiger partial charge in [0.25, 0.3) is 5.91 Å². The SMILES string of the molecule is Cc1cc(C(=O)N2CCCC(N)C2)c(C)n1Cc1ccccc1. The molecule has 2 aromatic rings. The summed E-state index contributed by atoms with van der Waals surface area (Å²) in [4.78, 5) is 14.7. The number of amides is 1. The van der Waals surface area contributed by atoms with Crippen molar-refractivity contribution in [2.75, 3.05) is 13.1 Å². The van der Waals surface area contributed by atoms with Crippen LogP contribution >= 0.6 is 0 Å². The van der Waals surface area contributed by atoms with Crippen molar-refractivity contribution in [3.63, 3.8) is 0 Å². The van der Waals surface area contributed by atoms with Crippen LogP contribution in [-0.4, -0.2) is 34.5 Å². The first kappa shape index (κ1) is 15.8. The van der Waals surface area contributed by atoms with Crippen LogP contribution in [0.15, 0.2) is 36.4 Å². The van der Waals surface area contributed by atoms with E-state index in [9.17, 15) is 4.79 Å². The average Bonchev–Trinajstić information content (AvgIpc) is 2.83. The maximum atomic E-state index is 12.8. The van der Waals surface area contributed by atoms with E-state index in [2.05, 4.69) is 23.6 Å². The van der Waals surface area contributed by atoms with Gasteiger partial charge < -0.3 is 15.2 Å². The summed E-state index contributed by atoms with van der Waals surface area (Å²) in [6.45, 7) is 6.38. The summed E-state index contributed by atoms with van der Waals surface area (Å²) in [6, 6.07) is 12.5. The molecule has 0 radical (unpaired) electrons. The quantitative estimate of drug-likeness (QED) is 0.947. The molecule has 3 rings (SSSR count). The molecule has 4 heteroatoms. The van der Waals surface area contributed by atoms with E-state index in [1.807, 2.05) is 36.1 Å². The number of aryl methyl sites for hydroxylation is 1. The van der Waals surface area contributed by atoms with Crippen molar-refractivity contribution in [2.24, 2.45) is 5.73 Å². The molecule has 0 spiro atoms. The largest absolute Gasteiger partial charge is 0.344 e. The number of aromatic nitrogens is 1. The van der Waals surface area contributed by atoms with Crippen LogP contribution in [0.3, 0.4) is 0 Å². The summed E-state index contributed by atoms with van der Waals surface area (Å²) in [6.07, 6.45) is 2.01. The van der Waals surface area contributed by atoms with Gasteiger partial charge in [0, 0.05) is 37.1 Å². The molecule has 1 saturated heterocycles. The van der Waals surface area contributed by atoms with E-state index < -0.39 is 0 Å². The minimum atomic E-state index is 0.112. The molecule has 1 aliphatic rings. The normalized spacial score (nSPS) is 18.2. The lowest BCUT2D eigenvalue weighted by Crippen LogP contribution is -2.45. The van der Waals surface area contributed by atoms with E-state index in [1.165, 1.54) is 5.56 Å². The number of likely N-dealkylation sites (tertiary alicyclic amines) is 1. The molecule has 1 aromatic heterocycles. The van der Waals surface area contributed by atoms with Crippen LogP contribution < -0.4 is 5.73 Å². The molecule has 2 N–H and O–H groups in total. The minimum absolute atomic E-state index is 0.112. The van der Waals surface area contributed by atoms with Gasteiger partial charge in [0.1, 0.15) is 0 Å². The summed E-state index contributed by atoms with van der Waals surface area (Å²) in [7, 11) is 0. The van der Waals surface area contributed by atoms with E-state index in [-0.39, 0.29) is 11.9 Å². The van der Waals surface area contributed by atoms with Gasteiger partial charge in [0.15, 0.2) is 0 Å². The molecule has 1 fully saturated rings. The first-order valence-electron chi connectivity index (χ1n) is 8.32. The third kappa shape index (κ3) is 3.32. The highest BCUT2D eigenvalue weighted by atomic mass is 16.2. The molecule has 4 nitrogen and oxygen atoms in total. The Bertz CT molecular complexity index is 690. The smallest absolute Gasteiger partial charge is 0.255 e. The second kappa shape index (κ2) is 6.59. The van der Waals surface area contributed by atoms with Crippen LogP contribution in [0.1, 0.15) is 40.2 Å². The summed E-state index contributed by atoms with van der Waals surface area (Å²) in [5.74, 6) is 0.118. The van der Waals surface area contributed by atoms with Crippen molar-refractivity contribution in [2.45, 2.75) is 39.3 Å². The maximum Gasteiger partial charge on any atom is 0.255 e. The van der Waals surface area contributed by atoms with Crippen molar-refractivity contribution in [3.05, 3.63) is 58.9 Å². The number of hydrogen-bond acceptors (Lipinski definition) is 2. The Balaban J connectivity index is 1.84. The van der Waals surface area contributed by atoms with Gasteiger partial charge in [-0.05, 0) is 38.3 Å². The monoisotopic (exact) mass is 311 g/mol. The minimum Gasteiger partial charge on any atom is -0.344 e. The van der Waals surface area contributed by atoms with Crippen molar-refractivity contribution in [3.8, 4) is 0 Å². The summed E-state index contributed by atoms with van der Waals surface area (Å²) in [5, 5.41) is 0. The molecule has 0 bridgehead atoms. The van der Waals surface area contributed by atoms with Crippen molar-refractivity contribution in [1.82, 2.24) is 9.47 Å². The van der Waals surface area contributed by atoms with E-state index in [0.717, 1.165) is 42.9 Å². The van der Waals surface area contributed by atoms with Gasteiger partial charge in [-0.2, -0.15) is 0 Å². The number of rotatable bonds is 3. The molecule has 1 aliphatic heterocycles. The van der Waals surface area contributed by atoms with Gasteiger partial charge in [-0.25, -0.2) is 0 Å². The Labute approximate surface area is 137 Å². The molecule has 122 valence electrons. The zero-order valence-electron chi connectivity index (χ0n) is 14.0. The van der Waals surface area contributed by atoms with Gasteiger partial charge in [0.05, 0.1) is 5.56 Å². The molecule has 2 heterocycles. The van der Waals surface area contributed by atoms with Crippen LogP contribution in [0, 0.1) is 13.8 Å². The maximum absolute atomic E-state index is 12.8. The molecule has 0 aliphatic carbocycles. The second-order valence-corrected chi connectivity index (χ2v) is 6.51. The fourth-order valence-electron chi connectivity index (χ4n) is 3.39. The van der Waals surface area contributed by atoms with E-state index in [0.29, 0.717) is 6.54 Å². The van der Waals surface area contributed by atoms with Crippen molar-refractivity contribution < 1.29 is 4.79 Å². The molecular weight excluding hydrogens is 286 g/mol. The summed E-state index contributed by atoms with van der Waals surface area (Å²) >= 11 is 0. The van der Waals surface area contributed by atoms with Gasteiger partial charge in [-0.15, -0.1) is 0 Å². The summed E-state index contributed by atoms with van der Waals surface area (Å²) in [5.41, 5.74) is 10.2. The van der Waals surface area contributed by atoms with Crippen LogP contribution in [-0.2, 0) is 6.54 Å². The second-order valence-electron chi connectivity index (χ2n) is 6.51. The Morgan fingerprint density at radius 2 is 2.00 bits per heavy atom.